The lowest BCUT2D eigenvalue weighted by atomic mass is 9.98. The first-order valence-corrected chi connectivity index (χ1v) is 44.2. The van der Waals surface area contributed by atoms with Gasteiger partial charge in [-0.1, -0.05) is 60.7 Å². The van der Waals surface area contributed by atoms with E-state index in [0.29, 0.717) is 113 Å². The van der Waals surface area contributed by atoms with Gasteiger partial charge in [0.05, 0.1) is 62.4 Å². The van der Waals surface area contributed by atoms with Gasteiger partial charge in [0.2, 0.25) is 0 Å². The van der Waals surface area contributed by atoms with E-state index in [-0.39, 0.29) is 58.9 Å². The number of H-pyrrole nitrogens is 2. The Labute approximate surface area is 787 Å². The minimum atomic E-state index is -1.46. The molecule has 0 unspecified atom stereocenters. The summed E-state index contributed by atoms with van der Waals surface area (Å²) in [7, 11) is 0. The summed E-state index contributed by atoms with van der Waals surface area (Å²) < 4.78 is 129. The Morgan fingerprint density at radius 2 is 0.540 bits per heavy atom. The Morgan fingerprint density at radius 1 is 0.299 bits per heavy atom. The number of aromatic amines is 2. The second-order valence-electron chi connectivity index (χ2n) is 31.9. The van der Waals surface area contributed by atoms with Crippen LogP contribution >= 0.6 is 0 Å². The molecule has 728 valence electrons. The third-order valence-electron chi connectivity index (χ3n) is 21.2. The summed E-state index contributed by atoms with van der Waals surface area (Å²) in [5.74, 6) is -7.36. The van der Waals surface area contributed by atoms with Gasteiger partial charge in [-0.2, -0.15) is 0 Å². The molecule has 4 aromatic carbocycles. The van der Waals surface area contributed by atoms with Crippen molar-refractivity contribution >= 4 is 118 Å². The fraction of sp³-hybridized carbons (Fsp3) is 0.414. The average Bonchev–Trinajstić information content (AvgIpc) is 1.77. The van der Waals surface area contributed by atoms with Crippen LogP contribution in [0.2, 0.25) is 0 Å². The van der Waals surface area contributed by atoms with E-state index in [1.165, 1.54) is 20.8 Å². The summed E-state index contributed by atoms with van der Waals surface area (Å²) in [6.45, 7) is 14.3. The number of ether oxygens (including phenoxy) is 22. The maximum atomic E-state index is 12.7. The number of allylic oxidation sites excluding steroid dienone is 1. The Hall–Kier alpha value is -14.2. The summed E-state index contributed by atoms with van der Waals surface area (Å²) in [5.41, 5.74) is 9.77. The fourth-order valence-corrected chi connectivity index (χ4v) is 15.9. The van der Waals surface area contributed by atoms with Gasteiger partial charge in [-0.3, -0.25) is 57.5 Å². The molecule has 3 fully saturated rings. The monoisotopic (exact) mass is 1900 g/mol. The highest BCUT2D eigenvalue weighted by Crippen LogP contribution is 2.43. The van der Waals surface area contributed by atoms with E-state index < -0.39 is 184 Å². The van der Waals surface area contributed by atoms with Crippen molar-refractivity contribution in [3.8, 4) is 67.5 Å². The molecule has 12 rings (SSSR count). The number of rotatable bonds is 40. The zero-order valence-corrected chi connectivity index (χ0v) is 77.6. The third kappa shape index (κ3) is 28.0. The number of fused-ring (bicyclic) bond motifs is 8. The largest absolute Gasteiger partial charge is 0.493 e. The van der Waals surface area contributed by atoms with Crippen molar-refractivity contribution in [1.29, 1.82) is 0 Å². The Morgan fingerprint density at radius 3 is 0.781 bits per heavy atom. The molecule has 2 N–H and O–H groups in total. The number of esters is 12. The van der Waals surface area contributed by atoms with Gasteiger partial charge in [0, 0.05) is 147 Å². The van der Waals surface area contributed by atoms with Gasteiger partial charge in [0.15, 0.2) is 73.8 Å². The molecule has 0 amide bonds. The maximum absolute atomic E-state index is 12.7. The fourth-order valence-electron chi connectivity index (χ4n) is 15.9. The average molecular weight is 1900 g/mol. The SMILES string of the molecule is C/C=C\COc1cccc(-c2c3nc(c(-c4cccc(OCCCO[C@H]5O[C@H](COC(C)=O)[C@@H](OC(C)=O)[C@H](OC(C)=O)[C@@H]5OC(C)=O)c4)c4ccc([nH]4)c(-c4cccc(OCCCO[C@H]5O[C@H](COC(C)=O)[C@@H](OC(C)=O)[C@H](OC(C)=O)[C@@H]5OC(C)=O)c4)c4nc(c(-c5cccc(OCCCO[C@H]6O[C@H](COC(C)=O)[C@@H](OC(C)=O)[C@H](OC(C)=O)[C@@H]6OC(C)=O)c5)c5ccc2[nH]5)C=C4)C=C3)c1. The van der Waals surface area contributed by atoms with Crippen LogP contribution in [0.15, 0.2) is 133 Å². The number of hydrogen-bond acceptors (Lipinski definition) is 36. The molecule has 3 saturated heterocycles. The van der Waals surface area contributed by atoms with Crippen LogP contribution in [-0.2, 0) is 143 Å². The molecule has 5 aliphatic rings. The van der Waals surface area contributed by atoms with Crippen molar-refractivity contribution in [1.82, 2.24) is 19.9 Å². The van der Waals surface area contributed by atoms with Gasteiger partial charge >= 0.3 is 71.6 Å². The molecule has 5 aliphatic heterocycles. The number of aromatic nitrogens is 4. The number of benzene rings is 4. The standard InChI is InChI=1S/C99H108N4O34/c1-14-15-39-116-69-27-16-23-65(46-69)84-73-31-33-75(100-73)85(66-24-17-28-70(47-66)117-40-20-43-120-97-94(132-62(11)113)91(129-59(8)110)88(126-56(5)107)81(135-97)50-123-53(2)104)77-35-37-79(102-77)87(68-26-19-30-72(49-68)119-42-22-45-122-99-96(134-64(13)115)93(131-61(10)112)90(128-58(7)109)83(137-99)52-125-55(4)106)80-38-36-78(103-80)86(76-34-32-74(84)101-76)67-25-18-29-71(48-67)118-41-21-44-121-98-95(133-63(12)114)92(130-60(9)111)89(127-57(6)108)82(136-98)51-124-54(3)105/h14-19,23-38,46-49,81-83,88-100,103H,20-22,39-45,50-52H2,1-13H3/b15-14-,84-73?,84-74?,85-75?,85-77?,86-76?,86-78?,87-79?,87-80?/t81-,82-,83-,88-,89-,90-,91+,92+,93+,94+,95+,96+,97+,98+,99+/m1/s1. The minimum Gasteiger partial charge on any atom is -0.493 e. The summed E-state index contributed by atoms with van der Waals surface area (Å²) in [5, 5.41) is 0. The molecule has 137 heavy (non-hydrogen) atoms. The highest BCUT2D eigenvalue weighted by molar-refractivity contribution is 6.00. The van der Waals surface area contributed by atoms with E-state index in [9.17, 15) is 57.5 Å². The Balaban J connectivity index is 0.925. The van der Waals surface area contributed by atoms with E-state index in [2.05, 4.69) is 9.97 Å². The third-order valence-corrected chi connectivity index (χ3v) is 21.2. The van der Waals surface area contributed by atoms with Crippen LogP contribution in [0.5, 0.6) is 23.0 Å². The van der Waals surface area contributed by atoms with Gasteiger partial charge in [-0.25, -0.2) is 9.97 Å². The lowest BCUT2D eigenvalue weighted by Gasteiger charge is -2.44. The highest BCUT2D eigenvalue weighted by Gasteiger charge is 2.56. The van der Waals surface area contributed by atoms with Crippen LogP contribution in [0.25, 0.3) is 90.9 Å². The Kier molecular flexibility index (Phi) is 35.9. The van der Waals surface area contributed by atoms with Gasteiger partial charge in [0.25, 0.3) is 0 Å². The van der Waals surface area contributed by atoms with Crippen molar-refractivity contribution < 1.29 is 162 Å². The number of nitrogens with zero attached hydrogens (tertiary/aromatic N) is 2. The lowest BCUT2D eigenvalue weighted by molar-refractivity contribution is -0.308. The van der Waals surface area contributed by atoms with Crippen LogP contribution in [0, 0.1) is 0 Å². The van der Waals surface area contributed by atoms with Gasteiger partial charge in [-0.05, 0) is 126 Å². The van der Waals surface area contributed by atoms with E-state index in [0.717, 1.165) is 67.9 Å². The predicted octanol–water partition coefficient (Wildman–Crippen LogP) is 11.9. The first kappa shape index (κ1) is 102. The first-order valence-electron chi connectivity index (χ1n) is 44.2. The maximum Gasteiger partial charge on any atom is 0.303 e. The molecule has 3 aromatic heterocycles. The van der Waals surface area contributed by atoms with E-state index in [4.69, 9.17) is 114 Å². The number of carbonyl (C=O) groups is 12. The molecule has 38 nitrogen and oxygen atoms in total. The summed E-state index contributed by atoms with van der Waals surface area (Å²) in [4.78, 5) is 168. The van der Waals surface area contributed by atoms with Gasteiger partial charge < -0.3 is 114 Å². The molecular weight excluding hydrogens is 1790 g/mol. The minimum absolute atomic E-state index is 0.0308. The number of carbonyl (C=O) groups excluding carboxylic acids is 12. The summed E-state index contributed by atoms with van der Waals surface area (Å²) >= 11 is 0. The first-order chi connectivity index (χ1) is 65.7. The normalized spacial score (nSPS) is 21.5. The Bertz CT molecular complexity index is 5690. The van der Waals surface area contributed by atoms with Crippen molar-refractivity contribution in [2.24, 2.45) is 0 Å². The van der Waals surface area contributed by atoms with Crippen molar-refractivity contribution in [2.45, 2.75) is 201 Å². The van der Waals surface area contributed by atoms with Crippen LogP contribution in [-0.4, -0.2) is 250 Å². The molecule has 0 saturated carbocycles. The van der Waals surface area contributed by atoms with Crippen LogP contribution in [0.4, 0.5) is 0 Å². The zero-order chi connectivity index (χ0) is 98.1. The summed E-state index contributed by atoms with van der Waals surface area (Å²) in [6, 6.07) is 37.6. The van der Waals surface area contributed by atoms with Crippen molar-refractivity contribution in [3.05, 3.63) is 156 Å². The molecule has 7 aromatic rings. The molecule has 0 radical (unpaired) electrons. The van der Waals surface area contributed by atoms with Crippen LogP contribution < -0.4 is 18.9 Å². The highest BCUT2D eigenvalue weighted by atomic mass is 16.8. The van der Waals surface area contributed by atoms with Gasteiger partial charge in [-0.15, -0.1) is 0 Å². The van der Waals surface area contributed by atoms with Crippen molar-refractivity contribution in [2.75, 3.05) is 66.1 Å². The second-order valence-corrected chi connectivity index (χ2v) is 31.9. The van der Waals surface area contributed by atoms with Crippen molar-refractivity contribution in [3.63, 3.8) is 0 Å². The van der Waals surface area contributed by atoms with E-state index in [1.807, 2.05) is 147 Å². The quantitative estimate of drug-likeness (QED) is 0.0156. The zero-order valence-electron chi connectivity index (χ0n) is 77.6. The predicted molar refractivity (Wildman–Crippen MR) is 485 cm³/mol. The second kappa shape index (κ2) is 48.3. The molecule has 8 heterocycles. The molecule has 15 atom stereocenters. The topological polar surface area (TPSA) is 465 Å². The van der Waals surface area contributed by atoms with E-state index >= 15 is 0 Å². The molecular formula is C99H108N4O34. The van der Waals surface area contributed by atoms with Crippen LogP contribution in [0.3, 0.4) is 0 Å². The van der Waals surface area contributed by atoms with Gasteiger partial charge in [0.1, 0.15) is 67.7 Å². The van der Waals surface area contributed by atoms with E-state index in [1.54, 1.807) is 18.2 Å². The molecule has 8 bridgehead atoms. The molecule has 0 aliphatic carbocycles. The summed E-state index contributed by atoms with van der Waals surface area (Å²) in [6.07, 6.45) is -8.84. The smallest absolute Gasteiger partial charge is 0.303 e. The number of nitrogens with one attached hydrogen (secondary N) is 2. The number of hydrogen-bond donors (Lipinski definition) is 2. The van der Waals surface area contributed by atoms with Crippen LogP contribution in [0.1, 0.15) is 132 Å². The molecule has 38 heteroatoms. The lowest BCUT2D eigenvalue weighted by Crippen LogP contribution is -2.63. The molecule has 0 spiro atoms.